The maximum Gasteiger partial charge on any atom is 0.209 e. The molecule has 0 aromatic heterocycles. The van der Waals surface area contributed by atoms with Gasteiger partial charge in [-0.15, -0.1) is 0 Å². The van der Waals surface area contributed by atoms with Crippen LogP contribution in [0.2, 0.25) is 0 Å². The molecule has 1 aliphatic rings. The molecule has 27 heavy (non-hydrogen) atoms. The van der Waals surface area contributed by atoms with Gasteiger partial charge >= 0.3 is 0 Å². The first-order chi connectivity index (χ1) is 13.2. The third-order valence-corrected chi connectivity index (χ3v) is 3.80. The minimum Gasteiger partial charge on any atom is -0.494 e. The minimum atomic E-state index is 0.641. The molecule has 0 spiro atoms. The number of hydrogen-bond donors (Lipinski definition) is 2. The highest BCUT2D eigenvalue weighted by atomic mass is 16.5. The fourth-order valence-corrected chi connectivity index (χ4v) is 2.38. The van der Waals surface area contributed by atoms with Gasteiger partial charge in [-0.1, -0.05) is 39.0 Å². The topological polar surface area (TPSA) is 66.0 Å². The second kappa shape index (κ2) is 17.1. The second-order valence-corrected chi connectivity index (χ2v) is 5.73. The lowest BCUT2D eigenvalue weighted by Gasteiger charge is -2.19. The highest BCUT2D eigenvalue weighted by Gasteiger charge is 2.08. The van der Waals surface area contributed by atoms with E-state index < -0.39 is 0 Å². The molecule has 0 bridgehead atoms. The van der Waals surface area contributed by atoms with E-state index in [4.69, 9.17) is 4.74 Å². The third kappa shape index (κ3) is 11.8. The lowest BCUT2D eigenvalue weighted by Crippen LogP contribution is -2.28. The highest BCUT2D eigenvalue weighted by Crippen LogP contribution is 2.12. The van der Waals surface area contributed by atoms with Gasteiger partial charge in [-0.2, -0.15) is 5.10 Å². The van der Waals surface area contributed by atoms with E-state index in [0.29, 0.717) is 6.61 Å². The molecule has 1 amide bonds. The molecule has 0 unspecified atom stereocenters. The molecule has 2 rings (SSSR count). The Balaban J connectivity index is 0.000000469. The van der Waals surface area contributed by atoms with Gasteiger partial charge in [-0.3, -0.25) is 10.2 Å². The molecule has 0 atom stereocenters. The van der Waals surface area contributed by atoms with Gasteiger partial charge in [0.05, 0.1) is 6.61 Å². The molecule has 0 radical (unpaired) electrons. The molecule has 2 N–H and O–H groups in total. The van der Waals surface area contributed by atoms with Gasteiger partial charge in [0, 0.05) is 45.5 Å². The van der Waals surface area contributed by atoms with E-state index in [1.54, 1.807) is 11.9 Å². The van der Waals surface area contributed by atoms with Gasteiger partial charge in [-0.05, 0) is 30.5 Å². The van der Waals surface area contributed by atoms with E-state index in [1.165, 1.54) is 11.3 Å². The first kappa shape index (κ1) is 24.7. The summed E-state index contributed by atoms with van der Waals surface area (Å²) in [7, 11) is 1.76. The SMILES string of the molecule is C=NNC1=C(CC)CNCC1.CC.CN(C=O)CCCOc1ccccc1. The van der Waals surface area contributed by atoms with Gasteiger partial charge in [0.1, 0.15) is 5.75 Å². The summed E-state index contributed by atoms with van der Waals surface area (Å²) in [6.45, 7) is 13.0. The van der Waals surface area contributed by atoms with Crippen molar-refractivity contribution in [3.05, 3.63) is 41.6 Å². The average molecular weight is 377 g/mol. The van der Waals surface area contributed by atoms with Crippen LogP contribution in [0, 0.1) is 0 Å². The van der Waals surface area contributed by atoms with Crippen molar-refractivity contribution >= 4 is 13.1 Å². The van der Waals surface area contributed by atoms with Crippen molar-refractivity contribution in [2.45, 2.75) is 40.0 Å². The number of hydrogen-bond acceptors (Lipinski definition) is 5. The number of carbonyl (C=O) groups is 1. The van der Waals surface area contributed by atoms with Crippen LogP contribution in [0.25, 0.3) is 0 Å². The maximum absolute atomic E-state index is 10.3. The smallest absolute Gasteiger partial charge is 0.209 e. The van der Waals surface area contributed by atoms with Gasteiger partial charge in [0.15, 0.2) is 0 Å². The molecular formula is C21H36N4O2. The standard InChI is InChI=1S/C11H15NO2.C8H15N3.C2H6/c1-12(10-13)8-5-9-14-11-6-3-2-4-7-11;1-3-7-6-10-5-4-8(7)11-9-2;1-2/h2-4,6-7,10H,5,8-9H2,1H3;10-11H,2-6H2,1H3;1-2H3. The van der Waals surface area contributed by atoms with Crippen LogP contribution >= 0.6 is 0 Å². The van der Waals surface area contributed by atoms with E-state index in [9.17, 15) is 4.79 Å². The van der Waals surface area contributed by atoms with Crippen LogP contribution in [0.5, 0.6) is 5.75 Å². The van der Waals surface area contributed by atoms with Crippen LogP contribution in [0.3, 0.4) is 0 Å². The van der Waals surface area contributed by atoms with Crippen molar-refractivity contribution in [1.29, 1.82) is 0 Å². The molecule has 0 saturated carbocycles. The predicted octanol–water partition coefficient (Wildman–Crippen LogP) is 3.42. The van der Waals surface area contributed by atoms with Gasteiger partial charge in [0.2, 0.25) is 6.41 Å². The lowest BCUT2D eigenvalue weighted by molar-refractivity contribution is -0.117. The summed E-state index contributed by atoms with van der Waals surface area (Å²) in [5.74, 6) is 0.876. The molecule has 1 aromatic carbocycles. The summed E-state index contributed by atoms with van der Waals surface area (Å²) in [6.07, 6.45) is 3.81. The van der Waals surface area contributed by atoms with E-state index in [2.05, 4.69) is 29.5 Å². The summed E-state index contributed by atoms with van der Waals surface area (Å²) < 4.78 is 5.46. The van der Waals surface area contributed by atoms with Crippen LogP contribution < -0.4 is 15.5 Å². The third-order valence-electron chi connectivity index (χ3n) is 3.80. The molecular weight excluding hydrogens is 340 g/mol. The average Bonchev–Trinajstić information content (AvgIpc) is 2.74. The Hall–Kier alpha value is -2.34. The van der Waals surface area contributed by atoms with E-state index >= 15 is 0 Å². The quantitative estimate of drug-likeness (QED) is 0.300. The Morgan fingerprint density at radius 3 is 2.63 bits per heavy atom. The van der Waals surface area contributed by atoms with Crippen LogP contribution in [-0.4, -0.2) is 51.3 Å². The zero-order chi connectivity index (χ0) is 20.3. The molecule has 6 heteroatoms. The first-order valence-electron chi connectivity index (χ1n) is 9.68. The summed E-state index contributed by atoms with van der Waals surface area (Å²) in [5, 5.41) is 6.99. The van der Waals surface area contributed by atoms with Crippen molar-refractivity contribution in [2.24, 2.45) is 5.10 Å². The van der Waals surface area contributed by atoms with Crippen LogP contribution in [0.15, 0.2) is 46.7 Å². The molecule has 1 heterocycles. The number of carbonyl (C=O) groups excluding carboxylic acids is 1. The van der Waals surface area contributed by atoms with Crippen LogP contribution in [-0.2, 0) is 4.79 Å². The fourth-order valence-electron chi connectivity index (χ4n) is 2.38. The van der Waals surface area contributed by atoms with Crippen molar-refractivity contribution < 1.29 is 9.53 Å². The monoisotopic (exact) mass is 376 g/mol. The molecule has 6 nitrogen and oxygen atoms in total. The predicted molar refractivity (Wildman–Crippen MR) is 114 cm³/mol. The molecule has 0 saturated heterocycles. The summed E-state index contributed by atoms with van der Waals surface area (Å²) in [4.78, 5) is 11.9. The zero-order valence-corrected chi connectivity index (χ0v) is 17.3. The van der Waals surface area contributed by atoms with Crippen molar-refractivity contribution in [1.82, 2.24) is 15.6 Å². The fraction of sp³-hybridized carbons (Fsp3) is 0.524. The Kier molecular flexibility index (Phi) is 15.6. The molecule has 0 fully saturated rings. The highest BCUT2D eigenvalue weighted by molar-refractivity contribution is 5.46. The van der Waals surface area contributed by atoms with Crippen LogP contribution in [0.1, 0.15) is 40.0 Å². The summed E-state index contributed by atoms with van der Waals surface area (Å²) in [5.41, 5.74) is 5.61. The molecule has 0 aliphatic carbocycles. The lowest BCUT2D eigenvalue weighted by atomic mass is 10.1. The van der Waals surface area contributed by atoms with E-state index in [-0.39, 0.29) is 0 Å². The zero-order valence-electron chi connectivity index (χ0n) is 17.3. The van der Waals surface area contributed by atoms with Crippen molar-refractivity contribution in [3.8, 4) is 5.75 Å². The Morgan fingerprint density at radius 2 is 2.04 bits per heavy atom. The number of benzene rings is 1. The molecule has 1 aromatic rings. The number of amides is 1. The second-order valence-electron chi connectivity index (χ2n) is 5.73. The maximum atomic E-state index is 10.3. The Morgan fingerprint density at radius 1 is 1.33 bits per heavy atom. The summed E-state index contributed by atoms with van der Waals surface area (Å²) >= 11 is 0. The summed E-state index contributed by atoms with van der Waals surface area (Å²) in [6, 6.07) is 9.67. The van der Waals surface area contributed by atoms with Crippen molar-refractivity contribution in [2.75, 3.05) is 33.3 Å². The van der Waals surface area contributed by atoms with Crippen LogP contribution in [0.4, 0.5) is 0 Å². The van der Waals surface area contributed by atoms with Gasteiger partial charge < -0.3 is 15.0 Å². The largest absolute Gasteiger partial charge is 0.494 e. The number of nitrogens with one attached hydrogen (secondary N) is 2. The normalized spacial score (nSPS) is 12.6. The van der Waals surface area contributed by atoms with Gasteiger partial charge in [-0.25, -0.2) is 0 Å². The van der Waals surface area contributed by atoms with E-state index in [1.807, 2.05) is 44.2 Å². The Labute approximate surface area is 164 Å². The van der Waals surface area contributed by atoms with Gasteiger partial charge in [0.25, 0.3) is 0 Å². The number of ether oxygens (including phenoxy) is 1. The van der Waals surface area contributed by atoms with Crippen molar-refractivity contribution in [3.63, 3.8) is 0 Å². The van der Waals surface area contributed by atoms with E-state index in [0.717, 1.165) is 51.1 Å². The number of para-hydroxylation sites is 1. The number of hydrazone groups is 1. The minimum absolute atomic E-state index is 0.641. The Bertz CT molecular complexity index is 532. The molecule has 1 aliphatic heterocycles. The number of rotatable bonds is 9. The number of nitrogens with zero attached hydrogens (tertiary/aromatic N) is 2. The first-order valence-corrected chi connectivity index (χ1v) is 9.68. The molecule has 152 valence electrons.